The Kier molecular flexibility index (Phi) is 6.05. The van der Waals surface area contributed by atoms with Crippen LogP contribution in [0.25, 0.3) is 0 Å². The molecule has 2 rings (SSSR count). The van der Waals surface area contributed by atoms with Crippen molar-refractivity contribution in [1.82, 2.24) is 4.98 Å². The number of aromatic nitrogens is 1. The summed E-state index contributed by atoms with van der Waals surface area (Å²) in [6.07, 6.45) is 5.07. The van der Waals surface area contributed by atoms with Crippen molar-refractivity contribution >= 4 is 44.5 Å². The third-order valence-electron chi connectivity index (χ3n) is 2.93. The first kappa shape index (κ1) is 17.1. The molecule has 5 nitrogen and oxygen atoms in total. The summed E-state index contributed by atoms with van der Waals surface area (Å²) < 4.78 is 27.3. The van der Waals surface area contributed by atoms with Crippen molar-refractivity contribution in [1.29, 1.82) is 0 Å². The summed E-state index contributed by atoms with van der Waals surface area (Å²) in [5.74, 6) is 0.281. The summed E-state index contributed by atoms with van der Waals surface area (Å²) in [7, 11) is -3.63. The normalized spacial score (nSPS) is 11.4. The molecule has 0 spiro atoms. The second-order valence-electron chi connectivity index (χ2n) is 4.73. The van der Waals surface area contributed by atoms with Gasteiger partial charge in [-0.3, -0.25) is 4.72 Å². The molecule has 2 heterocycles. The summed E-state index contributed by atoms with van der Waals surface area (Å²) in [6.45, 7) is 3.04. The van der Waals surface area contributed by atoms with E-state index in [4.69, 9.17) is 11.6 Å². The van der Waals surface area contributed by atoms with Crippen molar-refractivity contribution < 1.29 is 8.42 Å². The fourth-order valence-corrected chi connectivity index (χ4v) is 4.29. The van der Waals surface area contributed by atoms with Crippen LogP contribution in [0.15, 0.2) is 34.7 Å². The van der Waals surface area contributed by atoms with Gasteiger partial charge in [-0.15, -0.1) is 11.3 Å². The lowest BCUT2D eigenvalue weighted by atomic mass is 10.2. The summed E-state index contributed by atoms with van der Waals surface area (Å²) in [6, 6.07) is 6.46. The monoisotopic (exact) mass is 359 g/mol. The van der Waals surface area contributed by atoms with Gasteiger partial charge in [0.25, 0.3) is 10.0 Å². The molecule has 120 valence electrons. The lowest BCUT2D eigenvalue weighted by molar-refractivity contribution is 0.603. The molecule has 2 aromatic rings. The molecule has 0 saturated heterocycles. The van der Waals surface area contributed by atoms with Crippen LogP contribution < -0.4 is 10.0 Å². The predicted molar refractivity (Wildman–Crippen MR) is 92.4 cm³/mol. The number of sulfonamides is 1. The van der Waals surface area contributed by atoms with E-state index in [9.17, 15) is 8.42 Å². The van der Waals surface area contributed by atoms with Gasteiger partial charge in [0.1, 0.15) is 10.0 Å². The molecule has 0 amide bonds. The quantitative estimate of drug-likeness (QED) is 0.693. The van der Waals surface area contributed by atoms with Crippen molar-refractivity contribution in [2.75, 3.05) is 16.6 Å². The zero-order valence-electron chi connectivity index (χ0n) is 12.2. The fourth-order valence-electron chi connectivity index (χ4n) is 1.80. The van der Waals surface area contributed by atoms with E-state index in [2.05, 4.69) is 21.9 Å². The van der Waals surface area contributed by atoms with Crippen molar-refractivity contribution in [3.8, 4) is 0 Å². The highest BCUT2D eigenvalue weighted by atomic mass is 35.5. The molecule has 0 aliphatic rings. The number of anilines is 2. The molecule has 2 N–H and O–H groups in total. The number of pyridine rings is 1. The predicted octanol–water partition coefficient (Wildman–Crippen LogP) is 4.20. The number of halogens is 1. The van der Waals surface area contributed by atoms with Gasteiger partial charge in [0.2, 0.25) is 0 Å². The van der Waals surface area contributed by atoms with E-state index in [0.717, 1.165) is 30.0 Å². The fraction of sp³-hybridized carbons (Fsp3) is 0.357. The maximum absolute atomic E-state index is 12.1. The van der Waals surface area contributed by atoms with Gasteiger partial charge in [0, 0.05) is 6.54 Å². The van der Waals surface area contributed by atoms with Gasteiger partial charge in [-0.25, -0.2) is 13.4 Å². The summed E-state index contributed by atoms with van der Waals surface area (Å²) in [5.41, 5.74) is 0.873. The van der Waals surface area contributed by atoms with E-state index in [0.29, 0.717) is 4.34 Å². The van der Waals surface area contributed by atoms with Crippen LogP contribution in [-0.2, 0) is 10.0 Å². The van der Waals surface area contributed by atoms with E-state index in [1.165, 1.54) is 18.9 Å². The van der Waals surface area contributed by atoms with Crippen LogP contribution in [0.3, 0.4) is 0 Å². The maximum Gasteiger partial charge on any atom is 0.272 e. The van der Waals surface area contributed by atoms with Crippen molar-refractivity contribution in [3.05, 3.63) is 34.8 Å². The van der Waals surface area contributed by atoms with Gasteiger partial charge in [0.05, 0.1) is 16.2 Å². The third kappa shape index (κ3) is 4.86. The molecule has 22 heavy (non-hydrogen) atoms. The second-order valence-corrected chi connectivity index (χ2v) is 8.35. The Hall–Kier alpha value is -1.31. The number of thiophene rings is 1. The molecule has 0 aliphatic heterocycles. The number of nitrogens with zero attached hydrogens (tertiary/aromatic N) is 1. The average Bonchev–Trinajstić information content (AvgIpc) is 2.93. The Morgan fingerprint density at radius 2 is 2.05 bits per heavy atom. The number of hydrogen-bond donors (Lipinski definition) is 2. The number of hydrogen-bond acceptors (Lipinski definition) is 5. The molecule has 0 saturated carbocycles. The molecule has 0 radical (unpaired) electrons. The van der Waals surface area contributed by atoms with E-state index < -0.39 is 10.0 Å². The lowest BCUT2D eigenvalue weighted by Gasteiger charge is -2.08. The number of nitrogens with one attached hydrogen (secondary N) is 2. The minimum Gasteiger partial charge on any atom is -0.384 e. The SMILES string of the molecule is CCCCCNc1ccc(NS(=O)(=O)c2ccc(Cl)s2)nc1. The minimum atomic E-state index is -3.63. The van der Waals surface area contributed by atoms with Crippen molar-refractivity contribution in [2.45, 2.75) is 30.4 Å². The molecule has 0 aliphatic carbocycles. The summed E-state index contributed by atoms with van der Waals surface area (Å²) in [5, 5.41) is 3.25. The molecule has 0 bridgehead atoms. The lowest BCUT2D eigenvalue weighted by Crippen LogP contribution is -2.12. The Labute approximate surface area is 139 Å². The highest BCUT2D eigenvalue weighted by Gasteiger charge is 2.17. The molecular formula is C14H18ClN3O2S2. The van der Waals surface area contributed by atoms with Gasteiger partial charge in [-0.2, -0.15) is 0 Å². The Balaban J connectivity index is 1.96. The second kappa shape index (κ2) is 7.80. The van der Waals surface area contributed by atoms with Gasteiger partial charge >= 0.3 is 0 Å². The first-order valence-electron chi connectivity index (χ1n) is 6.99. The van der Waals surface area contributed by atoms with Crippen LogP contribution in [0.4, 0.5) is 11.5 Å². The maximum atomic E-state index is 12.1. The average molecular weight is 360 g/mol. The molecule has 2 aromatic heterocycles. The van der Waals surface area contributed by atoms with Crippen LogP contribution in [0.1, 0.15) is 26.2 Å². The van der Waals surface area contributed by atoms with Crippen molar-refractivity contribution in [2.24, 2.45) is 0 Å². The third-order valence-corrected chi connectivity index (χ3v) is 6.00. The first-order valence-corrected chi connectivity index (χ1v) is 9.67. The smallest absolute Gasteiger partial charge is 0.272 e. The molecular weight excluding hydrogens is 342 g/mol. The van der Waals surface area contributed by atoms with Crippen molar-refractivity contribution in [3.63, 3.8) is 0 Å². The molecule has 0 fully saturated rings. The minimum absolute atomic E-state index is 0.168. The van der Waals surface area contributed by atoms with Gasteiger partial charge in [0.15, 0.2) is 0 Å². The number of rotatable bonds is 8. The first-order chi connectivity index (χ1) is 10.5. The number of unbranched alkanes of at least 4 members (excludes halogenated alkanes) is 2. The zero-order valence-corrected chi connectivity index (χ0v) is 14.6. The molecule has 0 aromatic carbocycles. The van der Waals surface area contributed by atoms with Gasteiger partial charge in [-0.05, 0) is 30.7 Å². The Bertz CT molecular complexity index is 699. The topological polar surface area (TPSA) is 71.1 Å². The molecule has 0 atom stereocenters. The zero-order chi connectivity index (χ0) is 16.0. The van der Waals surface area contributed by atoms with Crippen LogP contribution >= 0.6 is 22.9 Å². The van der Waals surface area contributed by atoms with Crippen LogP contribution in [0, 0.1) is 0 Å². The standard InChI is InChI=1S/C14H18ClN3O2S2/c1-2-3-4-9-16-11-5-7-13(17-10-11)18-22(19,20)14-8-6-12(15)21-14/h5-8,10,16H,2-4,9H2,1H3,(H,17,18). The highest BCUT2D eigenvalue weighted by molar-refractivity contribution is 7.94. The van der Waals surface area contributed by atoms with Gasteiger partial charge < -0.3 is 5.32 Å². The molecule has 0 unspecified atom stereocenters. The molecule has 8 heteroatoms. The van der Waals surface area contributed by atoms with Crippen LogP contribution in [-0.4, -0.2) is 19.9 Å². The van der Waals surface area contributed by atoms with Crippen LogP contribution in [0.2, 0.25) is 4.34 Å². The largest absolute Gasteiger partial charge is 0.384 e. The van der Waals surface area contributed by atoms with Gasteiger partial charge in [-0.1, -0.05) is 31.4 Å². The van der Waals surface area contributed by atoms with E-state index in [1.807, 2.05) is 0 Å². The summed E-state index contributed by atoms with van der Waals surface area (Å²) in [4.78, 5) is 4.11. The van der Waals surface area contributed by atoms with Crippen LogP contribution in [0.5, 0.6) is 0 Å². The Morgan fingerprint density at radius 3 is 2.64 bits per heavy atom. The van der Waals surface area contributed by atoms with E-state index in [1.54, 1.807) is 24.4 Å². The highest BCUT2D eigenvalue weighted by Crippen LogP contribution is 2.26. The summed E-state index contributed by atoms with van der Waals surface area (Å²) >= 11 is 6.77. The Morgan fingerprint density at radius 1 is 1.23 bits per heavy atom. The van der Waals surface area contributed by atoms with E-state index >= 15 is 0 Å². The van der Waals surface area contributed by atoms with E-state index in [-0.39, 0.29) is 10.0 Å².